The third kappa shape index (κ3) is 13.6. The molecule has 0 atom stereocenters. The van der Waals surface area contributed by atoms with Gasteiger partial charge in [-0.2, -0.15) is 0 Å². The van der Waals surface area contributed by atoms with Crippen molar-refractivity contribution in [1.29, 1.82) is 0 Å². The molecule has 5 nitrogen and oxygen atoms in total. The lowest BCUT2D eigenvalue weighted by Gasteiger charge is -2.34. The van der Waals surface area contributed by atoms with Gasteiger partial charge in [0.15, 0.2) is 11.6 Å². The number of ether oxygens (including phenoxy) is 2. The normalized spacial score (nSPS) is 13.4. The van der Waals surface area contributed by atoms with Crippen LogP contribution in [0, 0.1) is 35.2 Å². The molecule has 0 radical (unpaired) electrons. The van der Waals surface area contributed by atoms with Gasteiger partial charge < -0.3 is 23.7 Å². The van der Waals surface area contributed by atoms with Gasteiger partial charge in [0.05, 0.1) is 41.0 Å². The maximum atomic E-state index is 16.8. The molecule has 486 valence electrons. The number of benzene rings is 8. The summed E-state index contributed by atoms with van der Waals surface area (Å²) in [6.45, 7) is 51.1. The second-order valence-electron chi connectivity index (χ2n) is 34.4. The molecule has 2 heterocycles. The lowest BCUT2D eigenvalue weighted by atomic mass is 9.71. The number of phenolic OH excluding ortho intramolecular Hbond substituents is 1. The highest BCUT2D eigenvalue weighted by Gasteiger charge is 2.34. The molecule has 8 heteroatoms. The van der Waals surface area contributed by atoms with Gasteiger partial charge in [-0.05, 0) is 174 Å². The molecule has 10 rings (SSSR count). The van der Waals surface area contributed by atoms with Gasteiger partial charge in [-0.15, -0.1) is 0 Å². The molecule has 0 aliphatic heterocycles. The minimum Gasteiger partial charge on any atom is -0.505 e. The molecule has 0 aliphatic carbocycles. The summed E-state index contributed by atoms with van der Waals surface area (Å²) >= 11 is 0. The monoisotopic (exact) mass is 1240 g/mol. The number of halogens is 3. The molecule has 8 aromatic carbocycles. The van der Waals surface area contributed by atoms with E-state index in [-0.39, 0.29) is 86.0 Å². The van der Waals surface area contributed by atoms with Gasteiger partial charge in [-0.1, -0.05) is 207 Å². The highest BCUT2D eigenvalue weighted by Crippen LogP contribution is 2.50. The van der Waals surface area contributed by atoms with Gasteiger partial charge in [0.1, 0.15) is 23.1 Å². The van der Waals surface area contributed by atoms with Crippen LogP contribution in [0.25, 0.3) is 77.2 Å². The number of hydrogen-bond acceptors (Lipinski definition) is 3. The van der Waals surface area contributed by atoms with Crippen molar-refractivity contribution in [2.24, 2.45) is 10.8 Å². The van der Waals surface area contributed by atoms with E-state index in [4.69, 9.17) is 9.47 Å². The maximum Gasteiger partial charge on any atom is 0.168 e. The minimum atomic E-state index is -0.892. The predicted octanol–water partition coefficient (Wildman–Crippen LogP) is 24.1. The molecule has 0 amide bonds. The van der Waals surface area contributed by atoms with Gasteiger partial charge in [0, 0.05) is 56.4 Å². The maximum absolute atomic E-state index is 16.8. The second-order valence-corrected chi connectivity index (χ2v) is 34.4. The number of nitrogens with zero attached hydrogens (tertiary/aromatic N) is 2. The topological polar surface area (TPSA) is 48.5 Å². The smallest absolute Gasteiger partial charge is 0.168 e. The standard InChI is InChI=1S/C84H101F3N2O3/c1-50-35-58(85)45-65(51-36-56(83(20,21)48-77(2,3)4)38-60(37-51)88-69-40-52(79(8,9)10)25-29-61(69)62-30-26-53(41-70(62)88)80(11,12)13)75(50)91-33-24-34-92-76-67(46-59(86)47-68(76)87)66-39-57(84(22,23)49-78(5,6)7)44-73(74(66)90)89-71-42-54(81(14,15)16)27-31-63(71)64-32-28-55(43-72(64)89)82(17,18)19/h25-32,35-47,90H,24,33-34,48-49H2,1-23H3. The molecule has 0 saturated carbocycles. The highest BCUT2D eigenvalue weighted by molar-refractivity contribution is 6.11. The third-order valence-corrected chi connectivity index (χ3v) is 18.6. The Labute approximate surface area is 547 Å². The number of rotatable bonds is 14. The lowest BCUT2D eigenvalue weighted by molar-refractivity contribution is 0.241. The molecule has 92 heavy (non-hydrogen) atoms. The first-order valence-corrected chi connectivity index (χ1v) is 33.2. The van der Waals surface area contributed by atoms with Crippen LogP contribution in [0.2, 0.25) is 0 Å². The van der Waals surface area contributed by atoms with Crippen LogP contribution in [0.4, 0.5) is 13.2 Å². The van der Waals surface area contributed by atoms with E-state index in [1.165, 1.54) is 23.3 Å². The molecule has 10 aromatic rings. The van der Waals surface area contributed by atoms with Crippen molar-refractivity contribution in [2.75, 3.05) is 13.2 Å². The number of aromatic nitrogens is 2. The average Bonchev–Trinajstić information content (AvgIpc) is 1.55. The molecule has 0 aliphatic rings. The molecular formula is C84H101F3N2O3. The van der Waals surface area contributed by atoms with Crippen LogP contribution >= 0.6 is 0 Å². The van der Waals surface area contributed by atoms with Crippen molar-refractivity contribution >= 4 is 43.6 Å². The van der Waals surface area contributed by atoms with E-state index in [1.807, 2.05) is 13.0 Å². The van der Waals surface area contributed by atoms with Crippen LogP contribution < -0.4 is 9.47 Å². The number of fused-ring (bicyclic) bond motifs is 6. The van der Waals surface area contributed by atoms with Crippen LogP contribution in [0.5, 0.6) is 17.2 Å². The van der Waals surface area contributed by atoms with Gasteiger partial charge in [-0.3, -0.25) is 0 Å². The summed E-state index contributed by atoms with van der Waals surface area (Å²) in [6.07, 6.45) is 1.95. The van der Waals surface area contributed by atoms with E-state index in [1.54, 1.807) is 6.07 Å². The first-order valence-electron chi connectivity index (χ1n) is 33.2. The summed E-state index contributed by atoms with van der Waals surface area (Å²) in [4.78, 5) is 0. The van der Waals surface area contributed by atoms with E-state index in [0.29, 0.717) is 22.6 Å². The third-order valence-electron chi connectivity index (χ3n) is 18.6. The molecule has 0 spiro atoms. The van der Waals surface area contributed by atoms with E-state index in [2.05, 4.69) is 259 Å². The molecule has 0 unspecified atom stereocenters. The van der Waals surface area contributed by atoms with Gasteiger partial charge in [0.25, 0.3) is 0 Å². The van der Waals surface area contributed by atoms with Crippen LogP contribution in [0.3, 0.4) is 0 Å². The summed E-state index contributed by atoms with van der Waals surface area (Å²) in [5, 5.41) is 17.5. The molecule has 0 saturated heterocycles. The summed E-state index contributed by atoms with van der Waals surface area (Å²) in [5.41, 5.74) is 13.2. The Balaban J connectivity index is 1.06. The van der Waals surface area contributed by atoms with Crippen LogP contribution in [-0.2, 0) is 32.5 Å². The number of aryl methyl sites for hydroxylation is 1. The molecule has 2 aromatic heterocycles. The highest BCUT2D eigenvalue weighted by atomic mass is 19.1. The van der Waals surface area contributed by atoms with Crippen molar-refractivity contribution < 1.29 is 27.8 Å². The minimum absolute atomic E-state index is 0.00352. The van der Waals surface area contributed by atoms with Gasteiger partial charge in [-0.25, -0.2) is 13.2 Å². The Morgan fingerprint density at radius 1 is 0.380 bits per heavy atom. The fourth-order valence-electron chi connectivity index (χ4n) is 14.4. The van der Waals surface area contributed by atoms with Crippen LogP contribution in [-0.4, -0.2) is 27.5 Å². The second kappa shape index (κ2) is 23.5. The number of hydrogen-bond donors (Lipinski definition) is 1. The van der Waals surface area contributed by atoms with Gasteiger partial charge in [0.2, 0.25) is 0 Å². The van der Waals surface area contributed by atoms with Crippen molar-refractivity contribution in [2.45, 2.75) is 211 Å². The molecular weight excluding hydrogens is 1140 g/mol. The Hall–Kier alpha value is -7.45. The van der Waals surface area contributed by atoms with E-state index >= 15 is 13.2 Å². The fourth-order valence-corrected chi connectivity index (χ4v) is 14.4. The van der Waals surface area contributed by atoms with E-state index in [9.17, 15) is 5.11 Å². The predicted molar refractivity (Wildman–Crippen MR) is 383 cm³/mol. The summed E-state index contributed by atoms with van der Waals surface area (Å²) in [6, 6.07) is 42.7. The average molecular weight is 1240 g/mol. The zero-order valence-electron chi connectivity index (χ0n) is 59.5. The largest absolute Gasteiger partial charge is 0.505 e. The summed E-state index contributed by atoms with van der Waals surface area (Å²) in [5.74, 6) is -1.85. The lowest BCUT2D eigenvalue weighted by Crippen LogP contribution is -2.25. The van der Waals surface area contributed by atoms with Crippen LogP contribution in [0.1, 0.15) is 211 Å². The molecule has 1 N–H and O–H groups in total. The van der Waals surface area contributed by atoms with E-state index < -0.39 is 17.0 Å². The molecule has 0 bridgehead atoms. The number of aromatic hydroxyl groups is 1. The summed E-state index contributed by atoms with van der Waals surface area (Å²) < 4.78 is 67.0. The first kappa shape index (κ1) is 67.4. The SMILES string of the molecule is Cc1cc(F)cc(-c2cc(-n3c4cc(C(C)(C)C)ccc4c4ccc(C(C)(C)C)cc43)cc(C(C)(C)CC(C)(C)C)c2)c1OCCCOc1c(F)cc(F)cc1-c1cc(C(C)(C)CC(C)(C)C)cc(-n2c3cc(C(C)(C)C)ccc3c3ccc(C(C)(C)C)cc32)c1O. The number of phenols is 1. The Morgan fingerprint density at radius 3 is 1.20 bits per heavy atom. The Bertz CT molecular complexity index is 4340. The van der Waals surface area contributed by atoms with Crippen molar-refractivity contribution in [3.63, 3.8) is 0 Å². The van der Waals surface area contributed by atoms with Crippen molar-refractivity contribution in [3.8, 4) is 50.9 Å². The zero-order valence-corrected chi connectivity index (χ0v) is 59.5. The Kier molecular flexibility index (Phi) is 17.2. The van der Waals surface area contributed by atoms with Crippen molar-refractivity contribution in [3.05, 3.63) is 184 Å². The van der Waals surface area contributed by atoms with Gasteiger partial charge >= 0.3 is 0 Å². The zero-order chi connectivity index (χ0) is 67.5. The fraction of sp³-hybridized carbons (Fsp3) is 0.429. The molecule has 0 fully saturated rings. The van der Waals surface area contributed by atoms with E-state index in [0.717, 1.165) is 96.0 Å². The van der Waals surface area contributed by atoms with Crippen molar-refractivity contribution in [1.82, 2.24) is 9.13 Å². The van der Waals surface area contributed by atoms with Crippen LogP contribution in [0.15, 0.2) is 127 Å². The Morgan fingerprint density at radius 2 is 0.772 bits per heavy atom. The summed E-state index contributed by atoms with van der Waals surface area (Å²) in [7, 11) is 0. The quantitative estimate of drug-likeness (QED) is 0.110. The first-order chi connectivity index (χ1) is 42.4.